The molecule has 0 saturated carbocycles. The number of halogens is 2. The Bertz CT molecular complexity index is 294. The van der Waals surface area contributed by atoms with Crippen molar-refractivity contribution in [3.63, 3.8) is 0 Å². The zero-order valence-electron chi connectivity index (χ0n) is 9.54. The number of esters is 1. The summed E-state index contributed by atoms with van der Waals surface area (Å²) in [5, 5.41) is 2.77. The average Bonchev–Trinajstić information content (AvgIpc) is 2.09. The Morgan fingerprint density at radius 1 is 1.44 bits per heavy atom. The molecule has 0 bridgehead atoms. The summed E-state index contributed by atoms with van der Waals surface area (Å²) in [6.07, 6.45) is -1.08. The maximum Gasteiger partial charge on any atom is 0.306 e. The number of carbonyl (C=O) groups excluding carboxylic acids is 1. The molecule has 0 spiro atoms. The van der Waals surface area contributed by atoms with Crippen molar-refractivity contribution in [2.24, 2.45) is 5.11 Å². The fraction of sp³-hybridized carbons (Fsp3) is 0.889. The quantitative estimate of drug-likeness (QED) is 0.318. The fourth-order valence-electron chi connectivity index (χ4n) is 0.892. The van der Waals surface area contributed by atoms with Crippen molar-refractivity contribution in [1.29, 1.82) is 0 Å². The zero-order valence-corrected chi connectivity index (χ0v) is 9.54. The lowest BCUT2D eigenvalue weighted by atomic mass is 10.1. The highest BCUT2D eigenvalue weighted by Gasteiger charge is 2.29. The minimum absolute atomic E-state index is 0.398. The molecule has 0 rings (SSSR count). The maximum atomic E-state index is 12.9. The van der Waals surface area contributed by atoms with Gasteiger partial charge in [0.25, 0.3) is 5.92 Å². The Kier molecular flexibility index (Phi) is 5.17. The van der Waals surface area contributed by atoms with E-state index in [9.17, 15) is 13.6 Å². The van der Waals surface area contributed by atoms with Crippen molar-refractivity contribution in [3.05, 3.63) is 10.4 Å². The Hall–Kier alpha value is -1.36. The minimum Gasteiger partial charge on any atom is -0.460 e. The topological polar surface area (TPSA) is 75.1 Å². The first-order valence-corrected chi connectivity index (χ1v) is 4.77. The summed E-state index contributed by atoms with van der Waals surface area (Å²) in [5.41, 5.74) is 7.21. The molecular formula is C9H15F2N3O2. The van der Waals surface area contributed by atoms with Crippen LogP contribution in [-0.2, 0) is 9.53 Å². The van der Waals surface area contributed by atoms with Crippen molar-refractivity contribution in [2.75, 3.05) is 6.54 Å². The molecule has 0 atom stereocenters. The molecule has 0 N–H and O–H groups in total. The average molecular weight is 235 g/mol. The number of hydrogen-bond donors (Lipinski definition) is 0. The van der Waals surface area contributed by atoms with Crippen molar-refractivity contribution in [3.8, 4) is 0 Å². The molecule has 0 aliphatic heterocycles. The summed E-state index contributed by atoms with van der Waals surface area (Å²) >= 11 is 0. The smallest absolute Gasteiger partial charge is 0.306 e. The lowest BCUT2D eigenvalue weighted by Gasteiger charge is -2.20. The number of alkyl halides is 2. The summed E-state index contributed by atoms with van der Waals surface area (Å²) in [7, 11) is 0. The van der Waals surface area contributed by atoms with Gasteiger partial charge < -0.3 is 4.74 Å². The molecule has 0 aromatic carbocycles. The molecule has 0 radical (unpaired) electrons. The van der Waals surface area contributed by atoms with E-state index in [1.165, 1.54) is 0 Å². The second-order valence-electron chi connectivity index (χ2n) is 4.33. The monoisotopic (exact) mass is 235 g/mol. The van der Waals surface area contributed by atoms with E-state index in [-0.39, 0.29) is 0 Å². The molecule has 7 heteroatoms. The predicted octanol–water partition coefficient (Wildman–Crippen LogP) is 3.05. The molecule has 0 amide bonds. The lowest BCUT2D eigenvalue weighted by Crippen LogP contribution is -2.26. The van der Waals surface area contributed by atoms with E-state index < -0.39 is 36.9 Å². The van der Waals surface area contributed by atoms with Gasteiger partial charge in [-0.15, -0.1) is 0 Å². The summed E-state index contributed by atoms with van der Waals surface area (Å²) in [6.45, 7) is 4.03. The third-order valence-corrected chi connectivity index (χ3v) is 1.48. The molecule has 0 fully saturated rings. The Balaban J connectivity index is 4.04. The minimum atomic E-state index is -3.16. The third-order valence-electron chi connectivity index (χ3n) is 1.48. The largest absolute Gasteiger partial charge is 0.460 e. The maximum absolute atomic E-state index is 12.9. The van der Waals surface area contributed by atoms with Crippen molar-refractivity contribution < 1.29 is 18.3 Å². The van der Waals surface area contributed by atoms with E-state index in [4.69, 9.17) is 10.3 Å². The van der Waals surface area contributed by atoms with E-state index in [0.29, 0.717) is 0 Å². The van der Waals surface area contributed by atoms with Crippen LogP contribution in [0.25, 0.3) is 10.4 Å². The van der Waals surface area contributed by atoms with Crippen LogP contribution in [0.1, 0.15) is 33.6 Å². The van der Waals surface area contributed by atoms with Gasteiger partial charge in [-0.1, -0.05) is 5.11 Å². The van der Waals surface area contributed by atoms with Gasteiger partial charge in [0.05, 0.1) is 13.0 Å². The molecule has 0 aliphatic carbocycles. The Labute approximate surface area is 92.4 Å². The van der Waals surface area contributed by atoms with E-state index in [1.54, 1.807) is 20.8 Å². The van der Waals surface area contributed by atoms with E-state index in [0.717, 1.165) is 0 Å². The van der Waals surface area contributed by atoms with Gasteiger partial charge >= 0.3 is 5.97 Å². The highest BCUT2D eigenvalue weighted by molar-refractivity contribution is 5.69. The number of azide groups is 1. The van der Waals surface area contributed by atoms with Crippen molar-refractivity contribution >= 4 is 5.97 Å². The first kappa shape index (κ1) is 14.6. The van der Waals surface area contributed by atoms with Crippen molar-refractivity contribution in [2.45, 2.75) is 45.1 Å². The SMILES string of the molecule is CC(C)(C)OC(=O)CCC(F)(F)CN=[N+]=[N-]. The van der Waals surface area contributed by atoms with Crippen LogP contribution in [0.15, 0.2) is 5.11 Å². The third kappa shape index (κ3) is 7.99. The van der Waals surface area contributed by atoms with Crippen LogP contribution >= 0.6 is 0 Å². The first-order chi connectivity index (χ1) is 7.16. The van der Waals surface area contributed by atoms with Gasteiger partial charge in [0, 0.05) is 11.3 Å². The lowest BCUT2D eigenvalue weighted by molar-refractivity contribution is -0.156. The van der Waals surface area contributed by atoms with Gasteiger partial charge in [-0.2, -0.15) is 0 Å². The van der Waals surface area contributed by atoms with Gasteiger partial charge in [-0.05, 0) is 26.3 Å². The Morgan fingerprint density at radius 3 is 2.44 bits per heavy atom. The molecule has 92 valence electrons. The molecule has 0 heterocycles. The summed E-state index contributed by atoms with van der Waals surface area (Å²) in [6, 6.07) is 0. The molecule has 16 heavy (non-hydrogen) atoms. The highest BCUT2D eigenvalue weighted by atomic mass is 19.3. The number of nitrogens with zero attached hydrogens (tertiary/aromatic N) is 3. The number of ether oxygens (including phenoxy) is 1. The number of carbonyl (C=O) groups is 1. The van der Waals surface area contributed by atoms with Gasteiger partial charge in [-0.3, -0.25) is 4.79 Å². The molecule has 0 aliphatic rings. The molecule has 0 unspecified atom stereocenters. The van der Waals surface area contributed by atoms with E-state index >= 15 is 0 Å². The van der Waals surface area contributed by atoms with Crippen LogP contribution in [0.5, 0.6) is 0 Å². The van der Waals surface area contributed by atoms with Crippen molar-refractivity contribution in [1.82, 2.24) is 0 Å². The second-order valence-corrected chi connectivity index (χ2v) is 4.33. The standard InChI is InChI=1S/C9H15F2N3O2/c1-8(2,3)16-7(15)4-5-9(10,11)6-13-14-12/h4-6H2,1-3H3. The van der Waals surface area contributed by atoms with Crippen LogP contribution in [0, 0.1) is 0 Å². The second kappa shape index (κ2) is 5.65. The summed E-state index contributed by atoms with van der Waals surface area (Å²) in [5.74, 6) is -3.85. The van der Waals surface area contributed by atoms with Gasteiger partial charge in [0.15, 0.2) is 0 Å². The van der Waals surface area contributed by atoms with Crippen LogP contribution in [0.3, 0.4) is 0 Å². The van der Waals surface area contributed by atoms with Crippen LogP contribution in [0.2, 0.25) is 0 Å². The Morgan fingerprint density at radius 2 is 2.00 bits per heavy atom. The summed E-state index contributed by atoms with van der Waals surface area (Å²) < 4.78 is 30.7. The van der Waals surface area contributed by atoms with E-state index in [2.05, 4.69) is 10.0 Å². The predicted molar refractivity (Wildman–Crippen MR) is 54.0 cm³/mol. The van der Waals surface area contributed by atoms with Gasteiger partial charge in [0.2, 0.25) is 0 Å². The van der Waals surface area contributed by atoms with E-state index in [1.807, 2.05) is 0 Å². The normalized spacial score (nSPS) is 11.8. The summed E-state index contributed by atoms with van der Waals surface area (Å²) in [4.78, 5) is 13.4. The zero-order chi connectivity index (χ0) is 12.8. The number of hydrogen-bond acceptors (Lipinski definition) is 3. The molecule has 0 aromatic rings. The van der Waals surface area contributed by atoms with Crippen LogP contribution < -0.4 is 0 Å². The first-order valence-electron chi connectivity index (χ1n) is 4.77. The number of rotatable bonds is 5. The molecule has 0 aromatic heterocycles. The molecule has 5 nitrogen and oxygen atoms in total. The fourth-order valence-corrected chi connectivity index (χ4v) is 0.892. The van der Waals surface area contributed by atoms with Crippen LogP contribution in [0.4, 0.5) is 8.78 Å². The van der Waals surface area contributed by atoms with Crippen LogP contribution in [-0.4, -0.2) is 24.0 Å². The van der Waals surface area contributed by atoms with Gasteiger partial charge in [-0.25, -0.2) is 8.78 Å². The van der Waals surface area contributed by atoms with Gasteiger partial charge in [0.1, 0.15) is 5.60 Å². The molecular weight excluding hydrogens is 220 g/mol. The molecule has 0 saturated heterocycles. The highest BCUT2D eigenvalue weighted by Crippen LogP contribution is 2.22.